The average Bonchev–Trinajstić information content (AvgIpc) is 3.46. The fourth-order valence-corrected chi connectivity index (χ4v) is 5.56. The summed E-state index contributed by atoms with van der Waals surface area (Å²) >= 11 is 6.10. The third-order valence-electron chi connectivity index (χ3n) is 6.31. The van der Waals surface area contributed by atoms with Crippen LogP contribution in [0, 0.1) is 0 Å². The number of aromatic amines is 2. The Morgan fingerprint density at radius 3 is 1.61 bits per heavy atom. The molecule has 6 atom stereocenters. The Kier molecular flexibility index (Phi) is 10.3. The average molecular weight is 728 g/mol. The van der Waals surface area contributed by atoms with Crippen molar-refractivity contribution in [2.24, 2.45) is 0 Å². The Morgan fingerprint density at radius 1 is 0.854 bits per heavy atom. The Balaban J connectivity index is 1.34. The van der Waals surface area contributed by atoms with Crippen LogP contribution >= 0.6 is 39.7 Å². The van der Waals surface area contributed by atoms with Gasteiger partial charge in [0.1, 0.15) is 24.7 Å². The predicted molar refractivity (Wildman–Crippen MR) is 149 cm³/mol. The van der Waals surface area contributed by atoms with E-state index in [0.717, 1.165) is 9.13 Å². The Hall–Kier alpha value is -2.25. The first-order valence-corrected chi connectivity index (χ1v) is 15.3. The molecule has 0 aromatic carbocycles. The highest BCUT2D eigenvalue weighted by Gasteiger charge is 2.40. The molecule has 41 heavy (non-hydrogen) atoms. The minimum Gasteiger partial charge on any atom is -0.390 e. The zero-order valence-electron chi connectivity index (χ0n) is 20.9. The largest absolute Gasteiger partial charge is 0.472 e. The molecule has 16 nitrogen and oxygen atoms in total. The third-order valence-corrected chi connectivity index (χ3v) is 7.79. The van der Waals surface area contributed by atoms with Crippen molar-refractivity contribution in [2.75, 3.05) is 13.2 Å². The number of halogens is 2. The van der Waals surface area contributed by atoms with Gasteiger partial charge < -0.3 is 24.6 Å². The molecule has 0 bridgehead atoms. The second-order valence-electron chi connectivity index (χ2n) is 9.01. The first kappa shape index (κ1) is 31.7. The van der Waals surface area contributed by atoms with Crippen LogP contribution in [-0.4, -0.2) is 71.8 Å². The van der Waals surface area contributed by atoms with E-state index in [1.54, 1.807) is 0 Å². The SMILES string of the molecule is O=c1[nH]c(=O)n([C@H]2C[C@H](O)[C@@H](COP(=O)(O)OC[C@H]3O[C@@H](n4cc(/C=C/Br)c(=O)[nH]c4=O)C[C@@H]3O)O2)cc1/C=C/Br. The Morgan fingerprint density at radius 2 is 1.24 bits per heavy atom. The van der Waals surface area contributed by atoms with E-state index in [-0.39, 0.29) is 24.0 Å². The molecule has 2 aromatic heterocycles. The van der Waals surface area contributed by atoms with Crippen molar-refractivity contribution in [3.05, 3.63) is 75.2 Å². The summed E-state index contributed by atoms with van der Waals surface area (Å²) in [4.78, 5) is 65.5. The minimum atomic E-state index is -4.74. The fourth-order valence-electron chi connectivity index (χ4n) is 4.25. The molecule has 2 aromatic rings. The number of phosphoric ester groups is 1. The number of aliphatic hydroxyl groups is 2. The van der Waals surface area contributed by atoms with Crippen LogP contribution < -0.4 is 22.5 Å². The lowest BCUT2D eigenvalue weighted by Crippen LogP contribution is -2.33. The summed E-state index contributed by atoms with van der Waals surface area (Å²) in [6.07, 6.45) is -1.43. The van der Waals surface area contributed by atoms with Crippen molar-refractivity contribution in [1.82, 2.24) is 19.1 Å². The smallest absolute Gasteiger partial charge is 0.390 e. The van der Waals surface area contributed by atoms with Gasteiger partial charge in [-0.05, 0) is 22.1 Å². The monoisotopic (exact) mass is 726 g/mol. The van der Waals surface area contributed by atoms with Crippen LogP contribution in [0.2, 0.25) is 0 Å². The van der Waals surface area contributed by atoms with Crippen LogP contribution in [0.15, 0.2) is 41.5 Å². The summed E-state index contributed by atoms with van der Waals surface area (Å²) < 4.78 is 35.8. The number of aromatic nitrogens is 4. The van der Waals surface area contributed by atoms with Crippen molar-refractivity contribution in [1.29, 1.82) is 0 Å². The lowest BCUT2D eigenvalue weighted by Gasteiger charge is -2.20. The second-order valence-corrected chi connectivity index (χ2v) is 11.5. The first-order chi connectivity index (χ1) is 19.4. The highest BCUT2D eigenvalue weighted by molar-refractivity contribution is 9.11. The molecule has 0 radical (unpaired) electrons. The Labute approximate surface area is 246 Å². The van der Waals surface area contributed by atoms with E-state index in [9.17, 15) is 38.8 Å². The molecular weight excluding hydrogens is 703 g/mol. The first-order valence-electron chi connectivity index (χ1n) is 12.0. The molecule has 224 valence electrons. The third kappa shape index (κ3) is 7.59. The molecule has 0 amide bonds. The van der Waals surface area contributed by atoms with Gasteiger partial charge in [-0.25, -0.2) is 14.2 Å². The number of H-pyrrole nitrogens is 2. The summed E-state index contributed by atoms with van der Waals surface area (Å²) in [5.41, 5.74) is -2.50. The van der Waals surface area contributed by atoms with Gasteiger partial charge in [-0.2, -0.15) is 0 Å². The van der Waals surface area contributed by atoms with E-state index in [4.69, 9.17) is 18.5 Å². The number of nitrogens with one attached hydrogen (secondary N) is 2. The van der Waals surface area contributed by atoms with E-state index in [0.29, 0.717) is 0 Å². The molecule has 2 aliphatic heterocycles. The highest BCUT2D eigenvalue weighted by Crippen LogP contribution is 2.45. The molecule has 0 aliphatic carbocycles. The van der Waals surface area contributed by atoms with Gasteiger partial charge in [-0.1, -0.05) is 31.9 Å². The lowest BCUT2D eigenvalue weighted by atomic mass is 10.2. The van der Waals surface area contributed by atoms with Gasteiger partial charge in [0.15, 0.2) is 0 Å². The number of hydrogen-bond acceptors (Lipinski definition) is 11. The molecule has 4 heterocycles. The molecule has 5 N–H and O–H groups in total. The normalized spacial score (nSPS) is 27.0. The molecular formula is C22H25Br2N4O12P. The molecule has 2 aliphatic rings. The summed E-state index contributed by atoms with van der Waals surface area (Å²) in [6.45, 7) is -1.18. The van der Waals surface area contributed by atoms with Crippen molar-refractivity contribution in [2.45, 2.75) is 49.7 Å². The van der Waals surface area contributed by atoms with Crippen LogP contribution in [0.3, 0.4) is 0 Å². The number of ether oxygens (including phenoxy) is 2. The zero-order valence-corrected chi connectivity index (χ0v) is 24.9. The van der Waals surface area contributed by atoms with Crippen LogP contribution in [0.1, 0.15) is 36.4 Å². The minimum absolute atomic E-state index is 0.0746. The van der Waals surface area contributed by atoms with E-state index in [1.807, 2.05) is 0 Å². The molecule has 0 saturated carbocycles. The van der Waals surface area contributed by atoms with Crippen molar-refractivity contribution in [3.8, 4) is 0 Å². The van der Waals surface area contributed by atoms with Gasteiger partial charge >= 0.3 is 19.2 Å². The van der Waals surface area contributed by atoms with Crippen LogP contribution in [0.5, 0.6) is 0 Å². The lowest BCUT2D eigenvalue weighted by molar-refractivity contribution is -0.0582. The quantitative estimate of drug-likeness (QED) is 0.208. The maximum atomic E-state index is 12.5. The number of hydrogen-bond donors (Lipinski definition) is 5. The van der Waals surface area contributed by atoms with Crippen molar-refractivity contribution < 1.29 is 38.2 Å². The van der Waals surface area contributed by atoms with Crippen molar-refractivity contribution in [3.63, 3.8) is 0 Å². The van der Waals surface area contributed by atoms with Gasteiger partial charge in [0.2, 0.25) is 0 Å². The predicted octanol–water partition coefficient (Wildman–Crippen LogP) is 0.248. The number of aliphatic hydroxyl groups excluding tert-OH is 2. The van der Waals surface area contributed by atoms with Crippen molar-refractivity contribution >= 4 is 51.8 Å². The summed E-state index contributed by atoms with van der Waals surface area (Å²) in [7, 11) is -4.74. The maximum Gasteiger partial charge on any atom is 0.472 e. The summed E-state index contributed by atoms with van der Waals surface area (Å²) in [6, 6.07) is 0. The van der Waals surface area contributed by atoms with E-state index < -0.39 is 80.4 Å². The summed E-state index contributed by atoms with van der Waals surface area (Å²) in [5.74, 6) is 0. The van der Waals surface area contributed by atoms with Crippen LogP contribution in [0.25, 0.3) is 12.2 Å². The Bertz CT molecular complexity index is 1490. The second kappa shape index (κ2) is 13.4. The van der Waals surface area contributed by atoms with Gasteiger partial charge in [-0.15, -0.1) is 0 Å². The van der Waals surface area contributed by atoms with Gasteiger partial charge in [0.25, 0.3) is 11.1 Å². The topological polar surface area (TPSA) is 224 Å². The molecule has 2 saturated heterocycles. The highest BCUT2D eigenvalue weighted by atomic mass is 79.9. The van der Waals surface area contributed by atoms with E-state index in [2.05, 4.69) is 41.8 Å². The molecule has 0 unspecified atom stereocenters. The maximum absolute atomic E-state index is 12.5. The van der Waals surface area contributed by atoms with Gasteiger partial charge in [-0.3, -0.25) is 37.7 Å². The zero-order chi connectivity index (χ0) is 29.9. The van der Waals surface area contributed by atoms with Gasteiger partial charge in [0.05, 0.1) is 36.5 Å². The number of phosphoric acid groups is 1. The van der Waals surface area contributed by atoms with E-state index in [1.165, 1.54) is 34.5 Å². The molecule has 19 heteroatoms. The van der Waals surface area contributed by atoms with Crippen LogP contribution in [0.4, 0.5) is 0 Å². The summed E-state index contributed by atoms with van der Waals surface area (Å²) in [5, 5.41) is 20.7. The van der Waals surface area contributed by atoms with Crippen LogP contribution in [-0.2, 0) is 23.1 Å². The van der Waals surface area contributed by atoms with E-state index >= 15 is 0 Å². The van der Waals surface area contributed by atoms with Gasteiger partial charge in [0, 0.05) is 25.2 Å². The molecule has 2 fully saturated rings. The fraction of sp³-hybridized carbons (Fsp3) is 0.455. The molecule has 0 spiro atoms. The molecule has 4 rings (SSSR count). The number of rotatable bonds is 10. The number of nitrogens with zero attached hydrogens (tertiary/aromatic N) is 2. The standard InChI is InChI=1S/C22H25Br2N4O12P/c23-3-1-11-7-27(21(33)25-19(11)31)17-5-13(29)15(39-17)9-37-41(35,36)38-10-16-14(30)6-18(40-16)28-8-12(2-4-24)20(32)26-22(28)34/h1-4,7-8,13-18,29-30H,5-6,9-10H2,(H,35,36)(H,25,31,33)(H,26,32,34)/b3-1+,4-2+/t13-,14-,15+,16+,17+,18+/m0/s1.